The molecular weight excluding hydrogens is 344 g/mol. The van der Waals surface area contributed by atoms with Gasteiger partial charge in [0.25, 0.3) is 0 Å². The summed E-state index contributed by atoms with van der Waals surface area (Å²) in [6.45, 7) is 3.28. The molecule has 1 amide bonds. The lowest BCUT2D eigenvalue weighted by Gasteiger charge is -2.34. The average molecular weight is 364 g/mol. The fraction of sp³-hybridized carbons (Fsp3) is 0.316. The number of likely N-dealkylation sites (tertiary alicyclic amines) is 1. The van der Waals surface area contributed by atoms with E-state index >= 15 is 0 Å². The molecule has 2 aliphatic heterocycles. The zero-order chi connectivity index (χ0) is 18.7. The highest BCUT2D eigenvalue weighted by atomic mass is 16.4. The predicted octanol–water partition coefficient (Wildman–Crippen LogP) is 2.25. The number of amides is 1. The van der Waals surface area contributed by atoms with E-state index in [1.165, 1.54) is 0 Å². The SMILES string of the molecule is Cc1ccc2c(N)nn(-c3cncc(N4C[C@@H]5C[C@H]4CN5C(=O)O)c3)c2c1. The summed E-state index contributed by atoms with van der Waals surface area (Å²) in [5.41, 5.74) is 10.0. The maximum absolute atomic E-state index is 11.3. The summed E-state index contributed by atoms with van der Waals surface area (Å²) in [5.74, 6) is 0.493. The van der Waals surface area contributed by atoms with Crippen LogP contribution in [0.1, 0.15) is 12.0 Å². The minimum Gasteiger partial charge on any atom is -0.465 e. The molecule has 5 rings (SSSR count). The van der Waals surface area contributed by atoms with Crippen LogP contribution in [0.5, 0.6) is 0 Å². The number of rotatable bonds is 2. The molecule has 0 unspecified atom stereocenters. The lowest BCUT2D eigenvalue weighted by molar-refractivity contribution is 0.137. The van der Waals surface area contributed by atoms with E-state index in [1.54, 1.807) is 11.1 Å². The molecule has 2 saturated heterocycles. The number of hydrogen-bond donors (Lipinski definition) is 2. The fourth-order valence-electron chi connectivity index (χ4n) is 4.35. The molecule has 3 aromatic rings. The number of fused-ring (bicyclic) bond motifs is 3. The Hall–Kier alpha value is -3.29. The number of pyridine rings is 1. The molecule has 138 valence electrons. The number of anilines is 2. The maximum atomic E-state index is 11.3. The largest absolute Gasteiger partial charge is 0.465 e. The Morgan fingerprint density at radius 1 is 1.19 bits per heavy atom. The predicted molar refractivity (Wildman–Crippen MR) is 102 cm³/mol. The first-order chi connectivity index (χ1) is 13.0. The van der Waals surface area contributed by atoms with Crippen molar-refractivity contribution in [3.63, 3.8) is 0 Å². The van der Waals surface area contributed by atoms with Crippen molar-refractivity contribution in [3.05, 3.63) is 42.2 Å². The van der Waals surface area contributed by atoms with Crippen LogP contribution in [-0.4, -0.2) is 56.0 Å². The van der Waals surface area contributed by atoms with Gasteiger partial charge < -0.3 is 20.6 Å². The first kappa shape index (κ1) is 15.9. The molecule has 0 radical (unpaired) electrons. The number of hydrogen-bond acceptors (Lipinski definition) is 5. The van der Waals surface area contributed by atoms with Gasteiger partial charge in [-0.25, -0.2) is 9.48 Å². The molecule has 3 N–H and O–H groups in total. The van der Waals surface area contributed by atoms with E-state index in [1.807, 2.05) is 36.0 Å². The Balaban J connectivity index is 1.51. The van der Waals surface area contributed by atoms with Gasteiger partial charge in [0.05, 0.1) is 35.3 Å². The van der Waals surface area contributed by atoms with Gasteiger partial charge >= 0.3 is 6.09 Å². The summed E-state index contributed by atoms with van der Waals surface area (Å²) in [6.07, 6.45) is 3.64. The maximum Gasteiger partial charge on any atom is 0.407 e. The number of nitrogens with zero attached hydrogens (tertiary/aromatic N) is 5. The first-order valence-corrected chi connectivity index (χ1v) is 8.98. The summed E-state index contributed by atoms with van der Waals surface area (Å²) in [4.78, 5) is 19.5. The molecule has 8 heteroatoms. The third kappa shape index (κ3) is 2.40. The normalized spacial score (nSPS) is 21.4. The highest BCUT2D eigenvalue weighted by Gasteiger charge is 2.45. The summed E-state index contributed by atoms with van der Waals surface area (Å²) in [7, 11) is 0. The fourth-order valence-corrected chi connectivity index (χ4v) is 4.35. The Morgan fingerprint density at radius 2 is 2.00 bits per heavy atom. The monoisotopic (exact) mass is 364 g/mol. The van der Waals surface area contributed by atoms with Crippen LogP contribution in [0.25, 0.3) is 16.6 Å². The van der Waals surface area contributed by atoms with E-state index in [4.69, 9.17) is 5.73 Å². The van der Waals surface area contributed by atoms with Crippen molar-refractivity contribution < 1.29 is 9.90 Å². The van der Waals surface area contributed by atoms with Crippen molar-refractivity contribution >= 4 is 28.5 Å². The number of carboxylic acid groups (broad SMARTS) is 1. The molecule has 0 aliphatic carbocycles. The zero-order valence-corrected chi connectivity index (χ0v) is 14.9. The summed E-state index contributed by atoms with van der Waals surface area (Å²) in [6, 6.07) is 8.38. The third-order valence-electron chi connectivity index (χ3n) is 5.64. The lowest BCUT2D eigenvalue weighted by atomic mass is 10.2. The van der Waals surface area contributed by atoms with E-state index < -0.39 is 6.09 Å². The number of nitrogens with two attached hydrogens (primary N) is 1. The van der Waals surface area contributed by atoms with Crippen LogP contribution in [0.2, 0.25) is 0 Å². The standard InChI is InChI=1S/C19H20N6O2/c1-11-2-3-16-17(4-11)25(22-18(16)20)13-5-12(7-21-8-13)23-9-15-6-14(23)10-24(15)19(26)27/h2-5,7-8,14-15H,6,9-10H2,1H3,(H2,20,22)(H,26,27)/t14-,15-/m0/s1. The second kappa shape index (κ2) is 5.60. The van der Waals surface area contributed by atoms with Crippen molar-refractivity contribution in [2.24, 2.45) is 0 Å². The Bertz CT molecular complexity index is 1060. The lowest BCUT2D eigenvalue weighted by Crippen LogP contribution is -2.48. The molecule has 2 aromatic heterocycles. The van der Waals surface area contributed by atoms with Gasteiger partial charge in [0, 0.05) is 24.5 Å². The number of nitrogen functional groups attached to an aromatic ring is 1. The second-order valence-corrected chi connectivity index (χ2v) is 7.35. The average Bonchev–Trinajstić information content (AvgIpc) is 3.34. The quantitative estimate of drug-likeness (QED) is 0.723. The van der Waals surface area contributed by atoms with E-state index in [0.717, 1.165) is 34.3 Å². The molecule has 2 fully saturated rings. The van der Waals surface area contributed by atoms with Crippen LogP contribution in [0.15, 0.2) is 36.7 Å². The van der Waals surface area contributed by atoms with Crippen molar-refractivity contribution in [2.45, 2.75) is 25.4 Å². The van der Waals surface area contributed by atoms with Gasteiger partial charge in [-0.15, -0.1) is 5.10 Å². The zero-order valence-electron chi connectivity index (χ0n) is 14.9. The first-order valence-electron chi connectivity index (χ1n) is 8.98. The Labute approximate surface area is 155 Å². The molecule has 2 bridgehead atoms. The van der Waals surface area contributed by atoms with E-state index in [0.29, 0.717) is 18.9 Å². The van der Waals surface area contributed by atoms with Gasteiger partial charge in [-0.2, -0.15) is 0 Å². The van der Waals surface area contributed by atoms with Crippen LogP contribution >= 0.6 is 0 Å². The summed E-state index contributed by atoms with van der Waals surface area (Å²) in [5, 5.41) is 14.7. The molecule has 27 heavy (non-hydrogen) atoms. The van der Waals surface area contributed by atoms with E-state index in [9.17, 15) is 9.90 Å². The number of piperazine rings is 1. The second-order valence-electron chi connectivity index (χ2n) is 7.35. The van der Waals surface area contributed by atoms with Gasteiger partial charge in [0.1, 0.15) is 0 Å². The third-order valence-corrected chi connectivity index (χ3v) is 5.64. The Kier molecular flexibility index (Phi) is 3.30. The minimum atomic E-state index is -0.831. The number of carbonyl (C=O) groups is 1. The topological polar surface area (TPSA) is 101 Å². The molecule has 1 aromatic carbocycles. The molecule has 8 nitrogen and oxygen atoms in total. The van der Waals surface area contributed by atoms with Crippen molar-refractivity contribution in [3.8, 4) is 5.69 Å². The summed E-state index contributed by atoms with van der Waals surface area (Å²) >= 11 is 0. The van der Waals surface area contributed by atoms with Gasteiger partial charge in [0.2, 0.25) is 0 Å². The minimum absolute atomic E-state index is 0.0555. The molecule has 2 aliphatic rings. The van der Waals surface area contributed by atoms with Crippen LogP contribution in [0, 0.1) is 6.92 Å². The number of aromatic nitrogens is 3. The van der Waals surface area contributed by atoms with Gasteiger partial charge in [-0.05, 0) is 37.1 Å². The van der Waals surface area contributed by atoms with Crippen LogP contribution in [0.4, 0.5) is 16.3 Å². The van der Waals surface area contributed by atoms with E-state index in [2.05, 4.69) is 21.0 Å². The number of aryl methyl sites for hydroxylation is 1. The van der Waals surface area contributed by atoms with Gasteiger partial charge in [-0.3, -0.25) is 4.98 Å². The molecular formula is C19H20N6O2. The van der Waals surface area contributed by atoms with Crippen molar-refractivity contribution in [1.29, 1.82) is 0 Å². The van der Waals surface area contributed by atoms with Crippen LogP contribution in [-0.2, 0) is 0 Å². The van der Waals surface area contributed by atoms with Gasteiger partial charge in [0.15, 0.2) is 5.82 Å². The van der Waals surface area contributed by atoms with Crippen LogP contribution < -0.4 is 10.6 Å². The Morgan fingerprint density at radius 3 is 2.74 bits per heavy atom. The molecule has 2 atom stereocenters. The highest BCUT2D eigenvalue weighted by Crippen LogP contribution is 2.35. The van der Waals surface area contributed by atoms with E-state index in [-0.39, 0.29) is 12.1 Å². The molecule has 0 saturated carbocycles. The van der Waals surface area contributed by atoms with Crippen molar-refractivity contribution in [2.75, 3.05) is 23.7 Å². The molecule has 0 spiro atoms. The van der Waals surface area contributed by atoms with Crippen molar-refractivity contribution in [1.82, 2.24) is 19.7 Å². The summed E-state index contributed by atoms with van der Waals surface area (Å²) < 4.78 is 1.83. The molecule has 4 heterocycles. The highest BCUT2D eigenvalue weighted by molar-refractivity contribution is 5.90. The van der Waals surface area contributed by atoms with Gasteiger partial charge in [-0.1, -0.05) is 6.07 Å². The smallest absolute Gasteiger partial charge is 0.407 e. The van der Waals surface area contributed by atoms with Crippen LogP contribution in [0.3, 0.4) is 0 Å². The number of benzene rings is 1.